The summed E-state index contributed by atoms with van der Waals surface area (Å²) in [6, 6.07) is 18.7. The molecule has 31 heavy (non-hydrogen) atoms. The largest absolute Gasteiger partial charge is 0.322 e. The molecule has 2 aromatic carbocycles. The Labute approximate surface area is 180 Å². The summed E-state index contributed by atoms with van der Waals surface area (Å²) in [4.78, 5) is 34.6. The Bertz CT molecular complexity index is 1270. The molecule has 156 valence electrons. The van der Waals surface area contributed by atoms with E-state index in [1.807, 2.05) is 74.5 Å². The Hall–Kier alpha value is -3.93. The fourth-order valence-electron chi connectivity index (χ4n) is 3.69. The molecule has 2 heterocycles. The van der Waals surface area contributed by atoms with Crippen molar-refractivity contribution in [3.8, 4) is 0 Å². The minimum atomic E-state index is -0.282. The number of fused-ring (bicyclic) bond motifs is 1. The van der Waals surface area contributed by atoms with E-state index in [0.29, 0.717) is 17.8 Å². The number of nitrogens with one attached hydrogen (secondary N) is 2. The molecule has 0 saturated heterocycles. The summed E-state index contributed by atoms with van der Waals surface area (Å²) in [6.07, 6.45) is 3.41. The monoisotopic (exact) mass is 412 g/mol. The zero-order chi connectivity index (χ0) is 21.8. The van der Waals surface area contributed by atoms with E-state index in [2.05, 4.69) is 15.3 Å². The molecule has 0 bridgehead atoms. The van der Waals surface area contributed by atoms with Crippen molar-refractivity contribution in [1.29, 1.82) is 0 Å². The van der Waals surface area contributed by atoms with Gasteiger partial charge >= 0.3 is 6.03 Å². The zero-order valence-electron chi connectivity index (χ0n) is 17.6. The van der Waals surface area contributed by atoms with Gasteiger partial charge in [-0.15, -0.1) is 0 Å². The first-order valence-electron chi connectivity index (χ1n) is 10.1. The molecule has 0 unspecified atom stereocenters. The minimum Gasteiger partial charge on any atom is -0.321 e. The number of carbonyl (C=O) groups is 1. The summed E-state index contributed by atoms with van der Waals surface area (Å²) in [7, 11) is 0. The fourth-order valence-corrected chi connectivity index (χ4v) is 3.69. The lowest BCUT2D eigenvalue weighted by atomic mass is 10.1. The average Bonchev–Trinajstić information content (AvgIpc) is 2.76. The number of amides is 2. The molecule has 0 radical (unpaired) electrons. The van der Waals surface area contributed by atoms with Crippen LogP contribution >= 0.6 is 0 Å². The van der Waals surface area contributed by atoms with Gasteiger partial charge in [-0.1, -0.05) is 35.9 Å². The van der Waals surface area contributed by atoms with Gasteiger partial charge in [0.2, 0.25) is 0 Å². The maximum atomic E-state index is 13.1. The number of benzene rings is 2. The van der Waals surface area contributed by atoms with Crippen LogP contribution in [-0.4, -0.2) is 20.9 Å². The topological polar surface area (TPSA) is 78.1 Å². The summed E-state index contributed by atoms with van der Waals surface area (Å²) in [5, 5.41) is 3.87. The Balaban J connectivity index is 1.67. The molecule has 0 aliphatic heterocycles. The highest BCUT2D eigenvalue weighted by Gasteiger charge is 2.17. The number of hydrogen-bond acceptors (Lipinski definition) is 3. The van der Waals surface area contributed by atoms with Crippen LogP contribution in [0.3, 0.4) is 0 Å². The highest BCUT2D eigenvalue weighted by molar-refractivity contribution is 5.89. The van der Waals surface area contributed by atoms with Crippen molar-refractivity contribution in [2.24, 2.45) is 0 Å². The van der Waals surface area contributed by atoms with Gasteiger partial charge in [-0.25, -0.2) is 4.79 Å². The van der Waals surface area contributed by atoms with Crippen LogP contribution < -0.4 is 10.9 Å². The molecular formula is C25H24N4O2. The molecule has 2 N–H and O–H groups in total. The van der Waals surface area contributed by atoms with E-state index in [1.54, 1.807) is 17.3 Å². The van der Waals surface area contributed by atoms with Crippen LogP contribution in [0.1, 0.15) is 22.3 Å². The van der Waals surface area contributed by atoms with Crippen LogP contribution in [0.4, 0.5) is 10.5 Å². The molecule has 0 aliphatic rings. The standard InChI is InChI=1S/C25H24N4O2/c1-17-11-18(2)23-20(12-17)13-21(24(30)28-23)16-29(15-19-7-6-10-26-14-19)25(31)27-22-8-4-3-5-9-22/h3-14H,15-16H2,1-2H3,(H,27,31)(H,28,30). The lowest BCUT2D eigenvalue weighted by Gasteiger charge is -2.23. The zero-order valence-corrected chi connectivity index (χ0v) is 17.6. The number of pyridine rings is 2. The third-order valence-corrected chi connectivity index (χ3v) is 5.14. The fraction of sp³-hybridized carbons (Fsp3) is 0.160. The smallest absolute Gasteiger partial charge is 0.321 e. The molecule has 4 rings (SSSR count). The number of aromatic nitrogens is 2. The summed E-state index contributed by atoms with van der Waals surface area (Å²) >= 11 is 0. The second kappa shape index (κ2) is 8.83. The van der Waals surface area contributed by atoms with E-state index in [1.165, 1.54) is 0 Å². The van der Waals surface area contributed by atoms with Gasteiger partial charge < -0.3 is 15.2 Å². The molecule has 0 atom stereocenters. The van der Waals surface area contributed by atoms with Crippen LogP contribution in [0.25, 0.3) is 10.9 Å². The first-order chi connectivity index (χ1) is 15.0. The van der Waals surface area contributed by atoms with E-state index in [4.69, 9.17) is 0 Å². The quantitative estimate of drug-likeness (QED) is 0.495. The number of para-hydroxylation sites is 1. The van der Waals surface area contributed by atoms with Crippen molar-refractivity contribution in [3.05, 3.63) is 106 Å². The van der Waals surface area contributed by atoms with Crippen molar-refractivity contribution in [2.45, 2.75) is 26.9 Å². The van der Waals surface area contributed by atoms with E-state index in [9.17, 15) is 9.59 Å². The number of nitrogens with zero attached hydrogens (tertiary/aromatic N) is 2. The van der Waals surface area contributed by atoms with E-state index in [-0.39, 0.29) is 18.1 Å². The lowest BCUT2D eigenvalue weighted by molar-refractivity contribution is 0.206. The second-order valence-electron chi connectivity index (χ2n) is 7.68. The molecule has 0 saturated carbocycles. The van der Waals surface area contributed by atoms with Gasteiger partial charge in [0.05, 0.1) is 12.1 Å². The van der Waals surface area contributed by atoms with Crippen molar-refractivity contribution < 1.29 is 4.79 Å². The van der Waals surface area contributed by atoms with Crippen molar-refractivity contribution in [3.63, 3.8) is 0 Å². The summed E-state index contributed by atoms with van der Waals surface area (Å²) in [5.41, 5.74) is 4.89. The molecule has 2 aromatic heterocycles. The predicted molar refractivity (Wildman–Crippen MR) is 123 cm³/mol. The van der Waals surface area contributed by atoms with Crippen LogP contribution in [0.15, 0.2) is 77.9 Å². The van der Waals surface area contributed by atoms with Gasteiger partial charge in [-0.05, 0) is 60.7 Å². The second-order valence-corrected chi connectivity index (χ2v) is 7.68. The normalized spacial score (nSPS) is 10.8. The Morgan fingerprint density at radius 1 is 1.03 bits per heavy atom. The number of hydrogen-bond donors (Lipinski definition) is 2. The molecule has 2 amide bonds. The maximum absolute atomic E-state index is 13.1. The summed E-state index contributed by atoms with van der Waals surface area (Å²) in [6.45, 7) is 4.51. The minimum absolute atomic E-state index is 0.172. The highest BCUT2D eigenvalue weighted by atomic mass is 16.2. The van der Waals surface area contributed by atoms with Crippen LogP contribution in [-0.2, 0) is 13.1 Å². The van der Waals surface area contributed by atoms with Crippen LogP contribution in [0.5, 0.6) is 0 Å². The number of aromatic amines is 1. The first-order valence-corrected chi connectivity index (χ1v) is 10.1. The van der Waals surface area contributed by atoms with E-state index in [0.717, 1.165) is 27.6 Å². The third kappa shape index (κ3) is 4.80. The molecular weight excluding hydrogens is 388 g/mol. The van der Waals surface area contributed by atoms with Gasteiger partial charge in [0, 0.05) is 30.2 Å². The van der Waals surface area contributed by atoms with E-state index >= 15 is 0 Å². The van der Waals surface area contributed by atoms with Crippen molar-refractivity contribution in [1.82, 2.24) is 14.9 Å². The molecule has 0 aliphatic carbocycles. The maximum Gasteiger partial charge on any atom is 0.322 e. The average molecular weight is 412 g/mol. The highest BCUT2D eigenvalue weighted by Crippen LogP contribution is 2.19. The van der Waals surface area contributed by atoms with Crippen molar-refractivity contribution in [2.75, 3.05) is 5.32 Å². The SMILES string of the molecule is Cc1cc(C)c2[nH]c(=O)c(CN(Cc3cccnc3)C(=O)Nc3ccccc3)cc2c1. The predicted octanol–water partition coefficient (Wildman–Crippen LogP) is 4.77. The van der Waals surface area contributed by atoms with Gasteiger partial charge in [-0.2, -0.15) is 0 Å². The number of anilines is 1. The van der Waals surface area contributed by atoms with Crippen LogP contribution in [0.2, 0.25) is 0 Å². The number of aryl methyl sites for hydroxylation is 2. The summed E-state index contributed by atoms with van der Waals surface area (Å²) in [5.74, 6) is 0. The Kier molecular flexibility index (Phi) is 5.80. The van der Waals surface area contributed by atoms with Gasteiger partial charge in [0.1, 0.15) is 0 Å². The first kappa shape index (κ1) is 20.3. The third-order valence-electron chi connectivity index (χ3n) is 5.14. The summed E-state index contributed by atoms with van der Waals surface area (Å²) < 4.78 is 0. The number of carbonyl (C=O) groups excluding carboxylic acids is 1. The van der Waals surface area contributed by atoms with Gasteiger partial charge in [-0.3, -0.25) is 9.78 Å². The Morgan fingerprint density at radius 2 is 1.84 bits per heavy atom. The molecule has 0 spiro atoms. The molecule has 0 fully saturated rings. The van der Waals surface area contributed by atoms with E-state index < -0.39 is 0 Å². The number of urea groups is 1. The molecule has 4 aromatic rings. The van der Waals surface area contributed by atoms with Crippen molar-refractivity contribution >= 4 is 22.6 Å². The van der Waals surface area contributed by atoms with Crippen LogP contribution in [0, 0.1) is 13.8 Å². The number of rotatable bonds is 5. The number of H-pyrrole nitrogens is 1. The molecule has 6 heteroatoms. The lowest BCUT2D eigenvalue weighted by Crippen LogP contribution is -2.35. The Morgan fingerprint density at radius 3 is 2.58 bits per heavy atom. The molecule has 6 nitrogen and oxygen atoms in total. The van der Waals surface area contributed by atoms with Gasteiger partial charge in [0.15, 0.2) is 0 Å². The van der Waals surface area contributed by atoms with Gasteiger partial charge in [0.25, 0.3) is 5.56 Å².